The summed E-state index contributed by atoms with van der Waals surface area (Å²) in [7, 11) is 0. The van der Waals surface area contributed by atoms with Gasteiger partial charge in [-0.05, 0) is 46.3 Å². The molecule has 0 aliphatic heterocycles. The predicted molar refractivity (Wildman–Crippen MR) is 49.0 cm³/mol. The first-order chi connectivity index (χ1) is 5.29. The lowest BCUT2D eigenvalue weighted by molar-refractivity contribution is 0.910. The van der Waals surface area contributed by atoms with E-state index >= 15 is 0 Å². The molecule has 0 spiro atoms. The van der Waals surface area contributed by atoms with Crippen molar-refractivity contribution in [1.82, 2.24) is 4.98 Å². The fraction of sp³-hybridized carbons (Fsp3) is 0.375. The van der Waals surface area contributed by atoms with Gasteiger partial charge in [-0.25, -0.2) is 4.98 Å². The van der Waals surface area contributed by atoms with E-state index in [1.165, 1.54) is 17.5 Å². The molecule has 1 aliphatic carbocycles. The van der Waals surface area contributed by atoms with Gasteiger partial charge in [0.2, 0.25) is 0 Å². The lowest BCUT2D eigenvalue weighted by atomic mass is 10.2. The van der Waals surface area contributed by atoms with E-state index in [0.717, 1.165) is 17.3 Å². The highest BCUT2D eigenvalue weighted by Gasteiger charge is 2.17. The molecule has 3 heteroatoms. The van der Waals surface area contributed by atoms with Gasteiger partial charge in [0.15, 0.2) is 0 Å². The largest absolute Gasteiger partial charge is 0.243 e. The van der Waals surface area contributed by atoms with E-state index in [4.69, 9.17) is 11.6 Å². The lowest BCUT2D eigenvalue weighted by Gasteiger charge is -2.01. The second-order valence-electron chi connectivity index (χ2n) is 2.71. The molecule has 0 bridgehead atoms. The molecule has 1 heterocycles. The van der Waals surface area contributed by atoms with Crippen LogP contribution in [0, 0.1) is 0 Å². The van der Waals surface area contributed by atoms with Crippen molar-refractivity contribution in [3.05, 3.63) is 26.9 Å². The molecule has 1 nitrogen and oxygen atoms in total. The van der Waals surface area contributed by atoms with E-state index < -0.39 is 0 Å². The summed E-state index contributed by atoms with van der Waals surface area (Å²) < 4.78 is 1.11. The highest BCUT2D eigenvalue weighted by molar-refractivity contribution is 9.10. The first kappa shape index (κ1) is 7.56. The average Bonchev–Trinajstić information content (AvgIpc) is 2.45. The maximum Gasteiger partial charge on any atom is 0.132 e. The Morgan fingerprint density at radius 3 is 2.82 bits per heavy atom. The van der Waals surface area contributed by atoms with Crippen LogP contribution < -0.4 is 0 Å². The van der Waals surface area contributed by atoms with Gasteiger partial charge < -0.3 is 0 Å². The van der Waals surface area contributed by atoms with Gasteiger partial charge in [0.05, 0.1) is 0 Å². The van der Waals surface area contributed by atoms with Crippen LogP contribution in [0.5, 0.6) is 0 Å². The highest BCUT2D eigenvalue weighted by Crippen LogP contribution is 2.32. The normalized spacial score (nSPS) is 15.1. The molecule has 0 saturated heterocycles. The summed E-state index contributed by atoms with van der Waals surface area (Å²) in [5, 5.41) is 0.681. The lowest BCUT2D eigenvalue weighted by Crippen LogP contribution is -1.88. The van der Waals surface area contributed by atoms with Crippen LogP contribution in [0.3, 0.4) is 0 Å². The Bertz CT molecular complexity index is 269. The molecule has 0 N–H and O–H groups in total. The molecule has 11 heavy (non-hydrogen) atoms. The fourth-order valence-electron chi connectivity index (χ4n) is 1.50. The molecule has 1 aliphatic rings. The summed E-state index contributed by atoms with van der Waals surface area (Å²) in [6.45, 7) is 0. The van der Waals surface area contributed by atoms with E-state index in [-0.39, 0.29) is 0 Å². The van der Waals surface area contributed by atoms with Crippen molar-refractivity contribution in [3.8, 4) is 0 Å². The van der Waals surface area contributed by atoms with Crippen LogP contribution in [0.15, 0.2) is 10.7 Å². The van der Waals surface area contributed by atoms with Crippen LogP contribution in [-0.4, -0.2) is 4.98 Å². The van der Waals surface area contributed by atoms with E-state index in [0.29, 0.717) is 5.15 Å². The number of pyridine rings is 1. The molecular formula is C8H7BrClN. The number of halogens is 2. The van der Waals surface area contributed by atoms with Gasteiger partial charge in [0, 0.05) is 10.7 Å². The van der Waals surface area contributed by atoms with E-state index in [9.17, 15) is 0 Å². The first-order valence-electron chi connectivity index (χ1n) is 3.61. The molecule has 58 valence electrons. The number of rotatable bonds is 0. The Hall–Kier alpha value is -0.0800. The summed E-state index contributed by atoms with van der Waals surface area (Å²) in [5.41, 5.74) is 2.59. The van der Waals surface area contributed by atoms with Crippen LogP contribution in [0.25, 0.3) is 0 Å². The quantitative estimate of drug-likeness (QED) is 0.627. The third-order valence-electron chi connectivity index (χ3n) is 2.05. The molecule has 1 aromatic heterocycles. The van der Waals surface area contributed by atoms with Crippen molar-refractivity contribution in [2.75, 3.05) is 0 Å². The van der Waals surface area contributed by atoms with Crippen LogP contribution >= 0.6 is 27.5 Å². The van der Waals surface area contributed by atoms with Crippen molar-refractivity contribution in [2.45, 2.75) is 19.3 Å². The zero-order valence-corrected chi connectivity index (χ0v) is 8.24. The Morgan fingerprint density at radius 1 is 1.36 bits per heavy atom. The molecular weight excluding hydrogens is 225 g/mol. The van der Waals surface area contributed by atoms with Crippen LogP contribution in [0.4, 0.5) is 0 Å². The molecule has 0 unspecified atom stereocenters. The van der Waals surface area contributed by atoms with E-state index in [1.807, 2.05) is 0 Å². The summed E-state index contributed by atoms with van der Waals surface area (Å²) >= 11 is 9.37. The van der Waals surface area contributed by atoms with E-state index in [1.54, 1.807) is 6.20 Å². The Morgan fingerprint density at radius 2 is 2.09 bits per heavy atom. The zero-order valence-electron chi connectivity index (χ0n) is 5.90. The summed E-state index contributed by atoms with van der Waals surface area (Å²) in [5.74, 6) is 0. The third-order valence-corrected chi connectivity index (χ3v) is 3.06. The molecule has 0 aromatic carbocycles. The van der Waals surface area contributed by atoms with Crippen molar-refractivity contribution < 1.29 is 0 Å². The van der Waals surface area contributed by atoms with Gasteiger partial charge in [-0.2, -0.15) is 0 Å². The van der Waals surface area contributed by atoms with Crippen molar-refractivity contribution in [1.29, 1.82) is 0 Å². The second kappa shape index (κ2) is 2.76. The molecule has 0 amide bonds. The maximum atomic E-state index is 5.91. The highest BCUT2D eigenvalue weighted by atomic mass is 79.9. The van der Waals surface area contributed by atoms with Gasteiger partial charge in [0.1, 0.15) is 5.15 Å². The maximum absolute atomic E-state index is 5.91. The van der Waals surface area contributed by atoms with Crippen LogP contribution in [0.2, 0.25) is 5.15 Å². The Labute approximate surface area is 78.9 Å². The molecule has 0 saturated carbocycles. The SMILES string of the molecule is Clc1ncc(Br)c2c1CCC2. The topological polar surface area (TPSA) is 12.9 Å². The minimum Gasteiger partial charge on any atom is -0.243 e. The van der Waals surface area contributed by atoms with Gasteiger partial charge in [-0.3, -0.25) is 0 Å². The molecule has 2 rings (SSSR count). The molecule has 0 atom stereocenters. The smallest absolute Gasteiger partial charge is 0.132 e. The zero-order chi connectivity index (χ0) is 7.84. The Kier molecular flexibility index (Phi) is 1.90. The molecule has 0 fully saturated rings. The number of aromatic nitrogens is 1. The monoisotopic (exact) mass is 231 g/mol. The van der Waals surface area contributed by atoms with Crippen LogP contribution in [0.1, 0.15) is 17.5 Å². The van der Waals surface area contributed by atoms with Crippen molar-refractivity contribution >= 4 is 27.5 Å². The van der Waals surface area contributed by atoms with Gasteiger partial charge in [-0.15, -0.1) is 0 Å². The molecule has 0 radical (unpaired) electrons. The van der Waals surface area contributed by atoms with Gasteiger partial charge in [0.25, 0.3) is 0 Å². The first-order valence-corrected chi connectivity index (χ1v) is 4.78. The minimum absolute atomic E-state index is 0.681. The van der Waals surface area contributed by atoms with Gasteiger partial charge >= 0.3 is 0 Å². The van der Waals surface area contributed by atoms with Crippen LogP contribution in [-0.2, 0) is 12.8 Å². The Balaban J connectivity index is 2.64. The minimum atomic E-state index is 0.681. The second-order valence-corrected chi connectivity index (χ2v) is 3.92. The number of hydrogen-bond acceptors (Lipinski definition) is 1. The summed E-state index contributed by atoms with van der Waals surface area (Å²) in [6.07, 6.45) is 5.21. The third kappa shape index (κ3) is 1.18. The summed E-state index contributed by atoms with van der Waals surface area (Å²) in [4.78, 5) is 4.07. The number of hydrogen-bond donors (Lipinski definition) is 0. The predicted octanol–water partition coefficient (Wildman–Crippen LogP) is 2.99. The van der Waals surface area contributed by atoms with Gasteiger partial charge in [-0.1, -0.05) is 11.6 Å². The number of fused-ring (bicyclic) bond motifs is 1. The molecule has 1 aromatic rings. The fourth-order valence-corrected chi connectivity index (χ4v) is 2.30. The standard InChI is InChI=1S/C8H7BrClN/c9-7-4-11-8(10)6-3-1-2-5(6)7/h4H,1-3H2. The van der Waals surface area contributed by atoms with Crippen molar-refractivity contribution in [3.63, 3.8) is 0 Å². The van der Waals surface area contributed by atoms with E-state index in [2.05, 4.69) is 20.9 Å². The van der Waals surface area contributed by atoms with Crippen molar-refractivity contribution in [2.24, 2.45) is 0 Å². The number of nitrogens with zero attached hydrogens (tertiary/aromatic N) is 1. The average molecular weight is 233 g/mol. The summed E-state index contributed by atoms with van der Waals surface area (Å²) in [6, 6.07) is 0.